The Kier molecular flexibility index (Phi) is 4.71. The Balaban J connectivity index is 2.19. The molecule has 4 nitrogen and oxygen atoms in total. The number of para-hydroxylation sites is 1. The highest BCUT2D eigenvalue weighted by atomic mass is 16.5. The largest absolute Gasteiger partial charge is 0.462 e. The molecule has 1 unspecified atom stereocenters. The zero-order valence-electron chi connectivity index (χ0n) is 11.7. The average molecular weight is 270 g/mol. The van der Waals surface area contributed by atoms with E-state index in [0.717, 1.165) is 11.3 Å². The second-order valence-electron chi connectivity index (χ2n) is 4.41. The summed E-state index contributed by atoms with van der Waals surface area (Å²) in [7, 11) is 0. The van der Waals surface area contributed by atoms with E-state index in [1.165, 1.54) is 0 Å². The van der Waals surface area contributed by atoms with Gasteiger partial charge in [-0.3, -0.25) is 4.98 Å². The van der Waals surface area contributed by atoms with Crippen molar-refractivity contribution in [1.29, 1.82) is 0 Å². The monoisotopic (exact) mass is 270 g/mol. The molecule has 0 saturated heterocycles. The van der Waals surface area contributed by atoms with Gasteiger partial charge in [0.1, 0.15) is 0 Å². The number of aromatic nitrogens is 1. The highest BCUT2D eigenvalue weighted by molar-refractivity contribution is 5.95. The van der Waals surface area contributed by atoms with Gasteiger partial charge in [-0.1, -0.05) is 12.1 Å². The van der Waals surface area contributed by atoms with Crippen LogP contribution in [0.25, 0.3) is 0 Å². The minimum Gasteiger partial charge on any atom is -0.462 e. The molecule has 1 aromatic heterocycles. The number of pyridine rings is 1. The molecule has 1 heterocycles. The number of rotatable bonds is 5. The molecule has 1 aromatic carbocycles. The van der Waals surface area contributed by atoms with Crippen molar-refractivity contribution in [3.63, 3.8) is 0 Å². The Morgan fingerprint density at radius 1 is 1.25 bits per heavy atom. The number of carbonyl (C=O) groups is 1. The van der Waals surface area contributed by atoms with Crippen molar-refractivity contribution in [2.24, 2.45) is 0 Å². The van der Waals surface area contributed by atoms with Crippen LogP contribution in [-0.4, -0.2) is 17.6 Å². The normalized spacial score (nSPS) is 11.7. The van der Waals surface area contributed by atoms with Crippen molar-refractivity contribution < 1.29 is 9.53 Å². The van der Waals surface area contributed by atoms with Gasteiger partial charge in [0.25, 0.3) is 0 Å². The maximum atomic E-state index is 11.9. The number of carbonyl (C=O) groups excluding carboxylic acids is 1. The van der Waals surface area contributed by atoms with Gasteiger partial charge in [-0.15, -0.1) is 0 Å². The van der Waals surface area contributed by atoms with E-state index in [1.807, 2.05) is 37.3 Å². The molecule has 0 spiro atoms. The van der Waals surface area contributed by atoms with Crippen LogP contribution >= 0.6 is 0 Å². The summed E-state index contributed by atoms with van der Waals surface area (Å²) < 4.78 is 5.07. The van der Waals surface area contributed by atoms with Crippen molar-refractivity contribution >= 4 is 11.7 Å². The van der Waals surface area contributed by atoms with E-state index in [9.17, 15) is 4.79 Å². The highest BCUT2D eigenvalue weighted by Crippen LogP contribution is 2.22. The fourth-order valence-electron chi connectivity index (χ4n) is 1.96. The van der Waals surface area contributed by atoms with E-state index >= 15 is 0 Å². The van der Waals surface area contributed by atoms with Crippen LogP contribution in [0.2, 0.25) is 0 Å². The molecule has 0 aliphatic rings. The third kappa shape index (κ3) is 3.35. The summed E-state index contributed by atoms with van der Waals surface area (Å²) >= 11 is 0. The van der Waals surface area contributed by atoms with Crippen molar-refractivity contribution in [1.82, 2.24) is 4.98 Å². The van der Waals surface area contributed by atoms with Crippen LogP contribution in [0.4, 0.5) is 5.69 Å². The number of nitrogens with zero attached hydrogens (tertiary/aromatic N) is 1. The van der Waals surface area contributed by atoms with E-state index in [-0.39, 0.29) is 12.0 Å². The summed E-state index contributed by atoms with van der Waals surface area (Å²) in [5, 5.41) is 3.34. The van der Waals surface area contributed by atoms with Gasteiger partial charge in [-0.05, 0) is 43.7 Å². The first-order valence-electron chi connectivity index (χ1n) is 6.65. The summed E-state index contributed by atoms with van der Waals surface area (Å²) in [4.78, 5) is 15.9. The van der Waals surface area contributed by atoms with Gasteiger partial charge >= 0.3 is 5.97 Å². The molecule has 1 atom stereocenters. The number of nitrogens with one attached hydrogen (secondary N) is 1. The van der Waals surface area contributed by atoms with E-state index in [4.69, 9.17) is 4.74 Å². The SMILES string of the molecule is CCOC(=O)c1ccccc1NC(C)c1ccncc1. The molecule has 1 N–H and O–H groups in total. The highest BCUT2D eigenvalue weighted by Gasteiger charge is 2.14. The van der Waals surface area contributed by atoms with Crippen molar-refractivity contribution in [2.75, 3.05) is 11.9 Å². The molecule has 0 saturated carbocycles. The molecule has 0 bridgehead atoms. The number of anilines is 1. The summed E-state index contributed by atoms with van der Waals surface area (Å²) in [5.74, 6) is -0.308. The molecule has 104 valence electrons. The second kappa shape index (κ2) is 6.70. The second-order valence-corrected chi connectivity index (χ2v) is 4.41. The molecule has 0 aliphatic heterocycles. The smallest absolute Gasteiger partial charge is 0.340 e. The van der Waals surface area contributed by atoms with Crippen LogP contribution in [0, 0.1) is 0 Å². The predicted molar refractivity (Wildman–Crippen MR) is 78.7 cm³/mol. The molecule has 0 radical (unpaired) electrons. The van der Waals surface area contributed by atoms with Gasteiger partial charge in [0, 0.05) is 24.1 Å². The maximum absolute atomic E-state index is 11.9. The first kappa shape index (κ1) is 14.1. The Bertz CT molecular complexity index is 570. The summed E-state index contributed by atoms with van der Waals surface area (Å²) in [5.41, 5.74) is 2.43. The van der Waals surface area contributed by atoms with Crippen LogP contribution in [-0.2, 0) is 4.74 Å². The van der Waals surface area contributed by atoms with Crippen LogP contribution in [0.15, 0.2) is 48.8 Å². The number of hydrogen-bond donors (Lipinski definition) is 1. The lowest BCUT2D eigenvalue weighted by Crippen LogP contribution is -2.12. The number of esters is 1. The van der Waals surface area contributed by atoms with Crippen LogP contribution in [0.5, 0.6) is 0 Å². The molecule has 2 aromatic rings. The standard InChI is InChI=1S/C16H18N2O2/c1-3-20-16(19)14-6-4-5-7-15(14)18-12(2)13-8-10-17-11-9-13/h4-12,18H,3H2,1-2H3. The maximum Gasteiger partial charge on any atom is 0.340 e. The average Bonchev–Trinajstić information content (AvgIpc) is 2.49. The van der Waals surface area contributed by atoms with Crippen molar-refractivity contribution in [2.45, 2.75) is 19.9 Å². The van der Waals surface area contributed by atoms with E-state index in [0.29, 0.717) is 12.2 Å². The van der Waals surface area contributed by atoms with E-state index in [2.05, 4.69) is 10.3 Å². The third-order valence-electron chi connectivity index (χ3n) is 3.00. The Hall–Kier alpha value is -2.36. The van der Waals surface area contributed by atoms with Crippen molar-refractivity contribution in [3.8, 4) is 0 Å². The molecule has 0 amide bonds. The lowest BCUT2D eigenvalue weighted by atomic mass is 10.1. The van der Waals surface area contributed by atoms with Gasteiger partial charge < -0.3 is 10.1 Å². The summed E-state index contributed by atoms with van der Waals surface area (Å²) in [6, 6.07) is 11.3. The topological polar surface area (TPSA) is 51.2 Å². The first-order chi connectivity index (χ1) is 9.72. The van der Waals surface area contributed by atoms with Crippen molar-refractivity contribution in [3.05, 3.63) is 59.9 Å². The Labute approximate surface area is 118 Å². The van der Waals surface area contributed by atoms with Gasteiger partial charge in [0.2, 0.25) is 0 Å². The third-order valence-corrected chi connectivity index (χ3v) is 3.00. The van der Waals surface area contributed by atoms with E-state index in [1.54, 1.807) is 25.4 Å². The van der Waals surface area contributed by atoms with Gasteiger partial charge in [0.15, 0.2) is 0 Å². The molecule has 0 aliphatic carbocycles. The molecular weight excluding hydrogens is 252 g/mol. The lowest BCUT2D eigenvalue weighted by molar-refractivity contribution is 0.0527. The molecule has 2 rings (SSSR count). The Morgan fingerprint density at radius 3 is 2.65 bits per heavy atom. The Morgan fingerprint density at radius 2 is 1.95 bits per heavy atom. The van der Waals surface area contributed by atoms with Gasteiger partial charge in [-0.2, -0.15) is 0 Å². The predicted octanol–water partition coefficient (Wildman–Crippen LogP) is 3.43. The summed E-state index contributed by atoms with van der Waals surface area (Å²) in [6.45, 7) is 4.21. The zero-order chi connectivity index (χ0) is 14.4. The quantitative estimate of drug-likeness (QED) is 0.846. The molecule has 0 fully saturated rings. The van der Waals surface area contributed by atoms with Gasteiger partial charge in [0.05, 0.1) is 12.2 Å². The fraction of sp³-hybridized carbons (Fsp3) is 0.250. The molecule has 4 heteroatoms. The minimum atomic E-state index is -0.308. The number of ether oxygens (including phenoxy) is 1. The number of benzene rings is 1. The molecule has 20 heavy (non-hydrogen) atoms. The van der Waals surface area contributed by atoms with Crippen LogP contribution < -0.4 is 5.32 Å². The first-order valence-corrected chi connectivity index (χ1v) is 6.65. The fourth-order valence-corrected chi connectivity index (χ4v) is 1.96. The zero-order valence-corrected chi connectivity index (χ0v) is 11.7. The number of hydrogen-bond acceptors (Lipinski definition) is 4. The minimum absolute atomic E-state index is 0.0774. The van der Waals surface area contributed by atoms with Crippen LogP contribution in [0.1, 0.15) is 35.8 Å². The lowest BCUT2D eigenvalue weighted by Gasteiger charge is -2.17. The van der Waals surface area contributed by atoms with Crippen LogP contribution in [0.3, 0.4) is 0 Å². The van der Waals surface area contributed by atoms with Gasteiger partial charge in [-0.25, -0.2) is 4.79 Å². The van der Waals surface area contributed by atoms with E-state index < -0.39 is 0 Å². The summed E-state index contributed by atoms with van der Waals surface area (Å²) in [6.07, 6.45) is 3.51. The molecular formula is C16H18N2O2.